The van der Waals surface area contributed by atoms with Crippen molar-refractivity contribution in [1.29, 1.82) is 0 Å². The summed E-state index contributed by atoms with van der Waals surface area (Å²) in [7, 11) is 0. The van der Waals surface area contributed by atoms with Gasteiger partial charge >= 0.3 is 0 Å². The molecule has 98 valence electrons. The second-order valence-electron chi connectivity index (χ2n) is 5.01. The van der Waals surface area contributed by atoms with E-state index < -0.39 is 0 Å². The Morgan fingerprint density at radius 1 is 1.28 bits per heavy atom. The van der Waals surface area contributed by atoms with E-state index in [0.29, 0.717) is 28.2 Å². The van der Waals surface area contributed by atoms with Crippen LogP contribution in [0.3, 0.4) is 0 Å². The predicted molar refractivity (Wildman–Crippen MR) is 76.5 cm³/mol. The standard InChI is InChI=1S/C13H16Cl2N2O/c1-7(2)3-8-6-16-11-4-9(14)10(15)5-12(11)17-13(8)18/h4-5,7-8,16H,3,6H2,1-2H3,(H,17,18). The molecule has 3 nitrogen and oxygen atoms in total. The van der Waals surface area contributed by atoms with Gasteiger partial charge in [-0.25, -0.2) is 0 Å². The number of nitrogens with one attached hydrogen (secondary N) is 2. The summed E-state index contributed by atoms with van der Waals surface area (Å²) in [6.07, 6.45) is 0.855. The summed E-state index contributed by atoms with van der Waals surface area (Å²) in [6.45, 7) is 4.84. The molecule has 0 saturated heterocycles. The third kappa shape index (κ3) is 2.90. The van der Waals surface area contributed by atoms with E-state index in [1.54, 1.807) is 12.1 Å². The van der Waals surface area contributed by atoms with E-state index in [0.717, 1.165) is 12.1 Å². The van der Waals surface area contributed by atoms with Crippen LogP contribution in [0, 0.1) is 11.8 Å². The van der Waals surface area contributed by atoms with E-state index >= 15 is 0 Å². The lowest BCUT2D eigenvalue weighted by atomic mass is 9.96. The van der Waals surface area contributed by atoms with Gasteiger partial charge in [0.25, 0.3) is 0 Å². The van der Waals surface area contributed by atoms with E-state index in [9.17, 15) is 4.79 Å². The first-order valence-electron chi connectivity index (χ1n) is 6.01. The topological polar surface area (TPSA) is 41.1 Å². The number of fused-ring (bicyclic) bond motifs is 1. The summed E-state index contributed by atoms with van der Waals surface area (Å²) < 4.78 is 0. The highest BCUT2D eigenvalue weighted by Crippen LogP contribution is 2.34. The first-order valence-corrected chi connectivity index (χ1v) is 6.76. The van der Waals surface area contributed by atoms with Crippen LogP contribution in [0.5, 0.6) is 0 Å². The highest BCUT2D eigenvalue weighted by molar-refractivity contribution is 6.42. The van der Waals surface area contributed by atoms with Gasteiger partial charge in [-0.3, -0.25) is 4.79 Å². The Morgan fingerprint density at radius 2 is 1.89 bits per heavy atom. The van der Waals surface area contributed by atoms with Crippen molar-refractivity contribution >= 4 is 40.5 Å². The van der Waals surface area contributed by atoms with Crippen LogP contribution in [0.15, 0.2) is 12.1 Å². The molecule has 0 saturated carbocycles. The van der Waals surface area contributed by atoms with Gasteiger partial charge in [0, 0.05) is 6.54 Å². The molecule has 1 unspecified atom stereocenters. The maximum absolute atomic E-state index is 12.1. The van der Waals surface area contributed by atoms with Crippen LogP contribution in [0.25, 0.3) is 0 Å². The van der Waals surface area contributed by atoms with Crippen LogP contribution < -0.4 is 10.6 Å². The summed E-state index contributed by atoms with van der Waals surface area (Å²) in [6, 6.07) is 3.43. The molecule has 0 bridgehead atoms. The Bertz CT molecular complexity index is 474. The van der Waals surface area contributed by atoms with Crippen molar-refractivity contribution in [2.75, 3.05) is 17.2 Å². The molecule has 0 fully saturated rings. The molecular formula is C13H16Cl2N2O. The zero-order valence-electron chi connectivity index (χ0n) is 10.4. The largest absolute Gasteiger partial charge is 0.383 e. The number of halogens is 2. The number of rotatable bonds is 2. The minimum Gasteiger partial charge on any atom is -0.383 e. The van der Waals surface area contributed by atoms with Gasteiger partial charge in [0.05, 0.1) is 27.3 Å². The predicted octanol–water partition coefficient (Wildman–Crippen LogP) is 4.02. The van der Waals surface area contributed by atoms with Crippen molar-refractivity contribution in [3.8, 4) is 0 Å². The molecule has 1 amide bonds. The Labute approximate surface area is 117 Å². The molecule has 18 heavy (non-hydrogen) atoms. The van der Waals surface area contributed by atoms with Crippen LogP contribution in [0.4, 0.5) is 11.4 Å². The summed E-state index contributed by atoms with van der Waals surface area (Å²) >= 11 is 11.9. The Kier molecular flexibility index (Phi) is 4.03. The van der Waals surface area contributed by atoms with Crippen molar-refractivity contribution in [3.63, 3.8) is 0 Å². The maximum Gasteiger partial charge on any atom is 0.229 e. The van der Waals surface area contributed by atoms with E-state index in [1.165, 1.54) is 0 Å². The van der Waals surface area contributed by atoms with E-state index in [2.05, 4.69) is 24.5 Å². The van der Waals surface area contributed by atoms with Gasteiger partial charge in [0.2, 0.25) is 5.91 Å². The Balaban J connectivity index is 2.24. The first-order chi connectivity index (χ1) is 8.47. The fourth-order valence-corrected chi connectivity index (χ4v) is 2.44. The molecule has 1 heterocycles. The fourth-order valence-electron chi connectivity index (χ4n) is 2.12. The van der Waals surface area contributed by atoms with Crippen LogP contribution >= 0.6 is 23.2 Å². The van der Waals surface area contributed by atoms with Crippen molar-refractivity contribution < 1.29 is 4.79 Å². The van der Waals surface area contributed by atoms with Gasteiger partial charge in [0.15, 0.2) is 0 Å². The lowest BCUT2D eigenvalue weighted by Gasteiger charge is -2.15. The number of carbonyl (C=O) groups is 1. The van der Waals surface area contributed by atoms with Crippen molar-refractivity contribution in [2.24, 2.45) is 11.8 Å². The molecule has 0 spiro atoms. The van der Waals surface area contributed by atoms with E-state index in [-0.39, 0.29) is 11.8 Å². The van der Waals surface area contributed by atoms with Crippen LogP contribution in [-0.2, 0) is 4.79 Å². The quantitative estimate of drug-likeness (QED) is 0.862. The molecule has 1 aliphatic rings. The van der Waals surface area contributed by atoms with Gasteiger partial charge in [0.1, 0.15) is 0 Å². The fraction of sp³-hybridized carbons (Fsp3) is 0.462. The molecule has 2 rings (SSSR count). The maximum atomic E-state index is 12.1. The van der Waals surface area contributed by atoms with Crippen molar-refractivity contribution in [2.45, 2.75) is 20.3 Å². The average molecular weight is 287 g/mol. The third-order valence-electron chi connectivity index (χ3n) is 2.98. The lowest BCUT2D eigenvalue weighted by Crippen LogP contribution is -2.27. The van der Waals surface area contributed by atoms with Crippen molar-refractivity contribution in [3.05, 3.63) is 22.2 Å². The number of hydrogen-bond acceptors (Lipinski definition) is 2. The third-order valence-corrected chi connectivity index (χ3v) is 3.71. The highest BCUT2D eigenvalue weighted by Gasteiger charge is 2.24. The summed E-state index contributed by atoms with van der Waals surface area (Å²) in [5.41, 5.74) is 1.52. The van der Waals surface area contributed by atoms with E-state index in [4.69, 9.17) is 23.2 Å². The van der Waals surface area contributed by atoms with Gasteiger partial charge in [-0.15, -0.1) is 0 Å². The van der Waals surface area contributed by atoms with E-state index in [1.807, 2.05) is 0 Å². The summed E-state index contributed by atoms with van der Waals surface area (Å²) in [4.78, 5) is 12.1. The molecule has 1 aromatic carbocycles. The van der Waals surface area contributed by atoms with Crippen molar-refractivity contribution in [1.82, 2.24) is 0 Å². The first kappa shape index (κ1) is 13.5. The molecule has 1 aromatic rings. The zero-order valence-corrected chi connectivity index (χ0v) is 11.9. The number of benzene rings is 1. The normalized spacial score (nSPS) is 18.9. The molecular weight excluding hydrogens is 271 g/mol. The van der Waals surface area contributed by atoms with Gasteiger partial charge < -0.3 is 10.6 Å². The summed E-state index contributed by atoms with van der Waals surface area (Å²) in [5, 5.41) is 7.08. The average Bonchev–Trinajstić information content (AvgIpc) is 2.41. The molecule has 0 aromatic heterocycles. The zero-order chi connectivity index (χ0) is 13.3. The SMILES string of the molecule is CC(C)CC1CNc2cc(Cl)c(Cl)cc2NC1=O. The highest BCUT2D eigenvalue weighted by atomic mass is 35.5. The monoisotopic (exact) mass is 286 g/mol. The Morgan fingerprint density at radius 3 is 2.50 bits per heavy atom. The van der Waals surface area contributed by atoms with Gasteiger partial charge in [-0.05, 0) is 24.5 Å². The minimum absolute atomic E-state index is 0.0325. The molecule has 1 atom stereocenters. The van der Waals surface area contributed by atoms with Gasteiger partial charge in [-0.2, -0.15) is 0 Å². The second-order valence-corrected chi connectivity index (χ2v) is 5.82. The molecule has 2 N–H and O–H groups in total. The minimum atomic E-state index is -0.0325. The number of carbonyl (C=O) groups excluding carboxylic acids is 1. The van der Waals surface area contributed by atoms with Crippen LogP contribution in [0.1, 0.15) is 20.3 Å². The molecule has 0 radical (unpaired) electrons. The molecule has 0 aliphatic carbocycles. The smallest absolute Gasteiger partial charge is 0.229 e. The number of hydrogen-bond donors (Lipinski definition) is 2. The number of amides is 1. The lowest BCUT2D eigenvalue weighted by molar-refractivity contribution is -0.119. The molecule has 5 heteroatoms. The molecule has 1 aliphatic heterocycles. The summed E-state index contributed by atoms with van der Waals surface area (Å²) in [5.74, 6) is 0.485. The van der Waals surface area contributed by atoms with Gasteiger partial charge in [-0.1, -0.05) is 37.0 Å². The van der Waals surface area contributed by atoms with Crippen LogP contribution in [-0.4, -0.2) is 12.5 Å². The second kappa shape index (κ2) is 5.37. The number of anilines is 2. The van der Waals surface area contributed by atoms with Crippen LogP contribution in [0.2, 0.25) is 10.0 Å². The Hall–Kier alpha value is -0.930.